The molecule has 7 nitrogen and oxygen atoms in total. The number of rotatable bonds is 8. The highest BCUT2D eigenvalue weighted by Gasteiger charge is 2.57. The number of piperidine rings is 1. The fourth-order valence-corrected chi connectivity index (χ4v) is 5.08. The monoisotopic (exact) mass is 440 g/mol. The molecule has 4 atom stereocenters. The molecule has 2 bridgehead atoms. The molecule has 2 fully saturated rings. The second-order valence-corrected chi connectivity index (χ2v) is 8.60. The van der Waals surface area contributed by atoms with Crippen LogP contribution in [0.3, 0.4) is 0 Å². The number of nitrogens with zero attached hydrogens (tertiary/aromatic N) is 1. The van der Waals surface area contributed by atoms with Crippen LogP contribution in [0.2, 0.25) is 0 Å². The minimum Gasteiger partial charge on any atom is -0.370 e. The first-order chi connectivity index (χ1) is 14.5. The lowest BCUT2D eigenvalue weighted by molar-refractivity contribution is -0.151. The first kappa shape index (κ1) is 23.1. The Morgan fingerprint density at radius 3 is 2.42 bits per heavy atom. The number of hydrogen-bond donors (Lipinski definition) is 3. The third-order valence-electron chi connectivity index (χ3n) is 6.58. The van der Waals surface area contributed by atoms with Crippen LogP contribution in [0.5, 0.6) is 0 Å². The van der Waals surface area contributed by atoms with E-state index in [0.29, 0.717) is 25.3 Å². The van der Waals surface area contributed by atoms with E-state index in [0.717, 1.165) is 6.07 Å². The first-order valence-corrected chi connectivity index (χ1v) is 10.3. The summed E-state index contributed by atoms with van der Waals surface area (Å²) in [6, 6.07) is 0.388. The van der Waals surface area contributed by atoms with Gasteiger partial charge in [0.05, 0.1) is 0 Å². The van der Waals surface area contributed by atoms with E-state index in [4.69, 9.17) is 17.2 Å². The lowest BCUT2D eigenvalue weighted by Gasteiger charge is -2.47. The van der Waals surface area contributed by atoms with Crippen LogP contribution in [0.15, 0.2) is 12.1 Å². The highest BCUT2D eigenvalue weighted by atomic mass is 19.2. The van der Waals surface area contributed by atoms with Gasteiger partial charge in [-0.05, 0) is 56.1 Å². The molecule has 2 saturated heterocycles. The molecule has 2 unspecified atom stereocenters. The van der Waals surface area contributed by atoms with Gasteiger partial charge in [-0.1, -0.05) is 0 Å². The van der Waals surface area contributed by atoms with Crippen LogP contribution in [0.25, 0.3) is 0 Å². The molecule has 0 saturated carbocycles. The van der Waals surface area contributed by atoms with Gasteiger partial charge in [-0.3, -0.25) is 14.4 Å². The van der Waals surface area contributed by atoms with Gasteiger partial charge in [0, 0.05) is 31.0 Å². The first-order valence-electron chi connectivity index (χ1n) is 10.3. The zero-order chi connectivity index (χ0) is 22.9. The molecule has 3 rings (SSSR count). The third-order valence-corrected chi connectivity index (χ3v) is 6.58. The van der Waals surface area contributed by atoms with Gasteiger partial charge < -0.3 is 22.1 Å². The second kappa shape index (κ2) is 8.86. The smallest absolute Gasteiger partial charge is 0.243 e. The van der Waals surface area contributed by atoms with E-state index in [1.165, 1.54) is 4.90 Å². The van der Waals surface area contributed by atoms with Gasteiger partial charge in [-0.2, -0.15) is 0 Å². The van der Waals surface area contributed by atoms with Crippen LogP contribution in [0.1, 0.15) is 50.5 Å². The van der Waals surface area contributed by atoms with E-state index in [1.807, 2.05) is 0 Å². The Balaban J connectivity index is 1.76. The molecule has 1 aromatic rings. The molecule has 2 aliphatic rings. The van der Waals surface area contributed by atoms with E-state index in [2.05, 4.69) is 0 Å². The maximum Gasteiger partial charge on any atom is 0.243 e. The number of primary amides is 2. The topological polar surface area (TPSA) is 133 Å². The summed E-state index contributed by atoms with van der Waals surface area (Å²) in [7, 11) is 0. The number of carbonyl (C=O) groups is 3. The lowest BCUT2D eigenvalue weighted by atomic mass is 9.76. The second-order valence-electron chi connectivity index (χ2n) is 8.60. The van der Waals surface area contributed by atoms with Gasteiger partial charge in [0.2, 0.25) is 17.7 Å². The number of benzene rings is 1. The van der Waals surface area contributed by atoms with Gasteiger partial charge in [0.25, 0.3) is 0 Å². The number of hydrogen-bond acceptors (Lipinski definition) is 4. The van der Waals surface area contributed by atoms with E-state index in [1.54, 1.807) is 0 Å². The van der Waals surface area contributed by atoms with Crippen molar-refractivity contribution in [3.05, 3.63) is 35.1 Å². The number of fused-ring (bicyclic) bond motifs is 2. The van der Waals surface area contributed by atoms with E-state index >= 15 is 0 Å². The quantitative estimate of drug-likeness (QED) is 0.525. The highest BCUT2D eigenvalue weighted by molar-refractivity contribution is 5.92. The Bertz CT molecular complexity index is 897. The number of halogens is 3. The Labute approximate surface area is 178 Å². The van der Waals surface area contributed by atoms with E-state index in [-0.39, 0.29) is 55.5 Å². The summed E-state index contributed by atoms with van der Waals surface area (Å²) in [5.74, 6) is -4.98. The molecule has 31 heavy (non-hydrogen) atoms. The van der Waals surface area contributed by atoms with Crippen LogP contribution in [-0.2, 0) is 20.8 Å². The van der Waals surface area contributed by atoms with Crippen molar-refractivity contribution in [2.45, 2.75) is 69.0 Å². The predicted octanol–water partition coefficient (Wildman–Crippen LogP) is 1.25. The van der Waals surface area contributed by atoms with Gasteiger partial charge in [0.1, 0.15) is 11.4 Å². The van der Waals surface area contributed by atoms with E-state index < -0.39 is 40.8 Å². The molecule has 0 spiro atoms. The van der Waals surface area contributed by atoms with Crippen molar-refractivity contribution in [2.24, 2.45) is 23.1 Å². The summed E-state index contributed by atoms with van der Waals surface area (Å²) in [6.07, 6.45) is 2.07. The van der Waals surface area contributed by atoms with Crippen molar-refractivity contribution < 1.29 is 27.6 Å². The van der Waals surface area contributed by atoms with E-state index in [9.17, 15) is 27.6 Å². The van der Waals surface area contributed by atoms with Crippen LogP contribution in [0, 0.1) is 23.4 Å². The third kappa shape index (κ3) is 4.53. The summed E-state index contributed by atoms with van der Waals surface area (Å²) >= 11 is 0. The largest absolute Gasteiger partial charge is 0.370 e. The molecule has 10 heteroatoms. The Morgan fingerprint density at radius 2 is 1.77 bits per heavy atom. The minimum absolute atomic E-state index is 0.0399. The van der Waals surface area contributed by atoms with Crippen molar-refractivity contribution >= 4 is 17.7 Å². The van der Waals surface area contributed by atoms with Crippen molar-refractivity contribution in [1.82, 2.24) is 4.90 Å². The molecular formula is C21H27F3N4O3. The number of carbonyl (C=O) groups excluding carboxylic acids is 3. The molecule has 170 valence electrons. The van der Waals surface area contributed by atoms with Gasteiger partial charge in [-0.25, -0.2) is 13.2 Å². The maximum atomic E-state index is 14.0. The molecular weight excluding hydrogens is 413 g/mol. The van der Waals surface area contributed by atoms with Crippen molar-refractivity contribution in [3.63, 3.8) is 0 Å². The fourth-order valence-electron chi connectivity index (χ4n) is 5.08. The molecule has 0 aliphatic carbocycles. The maximum absolute atomic E-state index is 14.0. The normalized spacial score (nSPS) is 26.0. The number of nitrogens with two attached hydrogens (primary N) is 3. The Kier molecular flexibility index (Phi) is 6.59. The molecule has 3 amide bonds. The summed E-state index contributed by atoms with van der Waals surface area (Å²) in [4.78, 5) is 37.8. The van der Waals surface area contributed by atoms with Crippen molar-refractivity contribution in [3.8, 4) is 0 Å². The molecule has 2 heterocycles. The van der Waals surface area contributed by atoms with Crippen LogP contribution in [0.4, 0.5) is 13.2 Å². The van der Waals surface area contributed by atoms with Crippen LogP contribution < -0.4 is 17.2 Å². The molecule has 6 N–H and O–H groups in total. The highest BCUT2D eigenvalue weighted by Crippen LogP contribution is 2.47. The Morgan fingerprint density at radius 1 is 1.10 bits per heavy atom. The molecule has 0 radical (unpaired) electrons. The summed E-state index contributed by atoms with van der Waals surface area (Å²) in [6.45, 7) is 0. The zero-order valence-electron chi connectivity index (χ0n) is 17.1. The summed E-state index contributed by atoms with van der Waals surface area (Å²) < 4.78 is 40.8. The standard InChI is InChI=1S/C21H27F3N4O3/c22-14-9-16(24)15(23)7-11(14)8-17(25)12-6-13-4-5-21(10-12,20(27)31)28(13)19(30)3-1-2-18(26)29/h7,9,12-13,17H,1-6,8,10,25H2,(H2,26,29)(H2,27,31)/t12?,13?,17-,21+/m1/s1. The van der Waals surface area contributed by atoms with Gasteiger partial charge in [-0.15, -0.1) is 0 Å². The molecule has 0 aromatic heterocycles. The van der Waals surface area contributed by atoms with Crippen LogP contribution in [-0.4, -0.2) is 40.2 Å². The van der Waals surface area contributed by atoms with Gasteiger partial charge in [0.15, 0.2) is 11.6 Å². The zero-order valence-corrected chi connectivity index (χ0v) is 17.1. The van der Waals surface area contributed by atoms with Gasteiger partial charge >= 0.3 is 0 Å². The summed E-state index contributed by atoms with van der Waals surface area (Å²) in [5.41, 5.74) is 15.9. The average molecular weight is 440 g/mol. The fraction of sp³-hybridized carbons (Fsp3) is 0.571. The molecule has 1 aromatic carbocycles. The van der Waals surface area contributed by atoms with Crippen LogP contribution >= 0.6 is 0 Å². The average Bonchev–Trinajstić information content (AvgIpc) is 2.93. The summed E-state index contributed by atoms with van der Waals surface area (Å²) in [5, 5.41) is 0. The van der Waals surface area contributed by atoms with Crippen molar-refractivity contribution in [1.29, 1.82) is 0 Å². The predicted molar refractivity (Wildman–Crippen MR) is 106 cm³/mol. The Hall–Kier alpha value is -2.62. The molecule has 2 aliphatic heterocycles. The van der Waals surface area contributed by atoms with Crippen molar-refractivity contribution in [2.75, 3.05) is 0 Å². The lowest BCUT2D eigenvalue weighted by Crippen LogP contribution is -2.63. The minimum atomic E-state index is -1.27. The SMILES string of the molecule is NC(=O)CCCC(=O)N1C2CC[C@@]1(C(N)=O)CC([C@H](N)Cc1cc(F)c(F)cc1F)C2. The number of amides is 3.